The number of allylic oxidation sites excluding steroid dienone is 2. The summed E-state index contributed by atoms with van der Waals surface area (Å²) in [6.45, 7) is 1.41. The number of ketones is 1. The number of nitrogens with one attached hydrogen (secondary N) is 1. The molecule has 1 atom stereocenters. The Labute approximate surface area is 137 Å². The van der Waals surface area contributed by atoms with Gasteiger partial charge in [0.05, 0.1) is 5.41 Å². The van der Waals surface area contributed by atoms with Gasteiger partial charge in [-0.05, 0) is 36.9 Å². The molecular weight excluding hydrogens is 310 g/mol. The van der Waals surface area contributed by atoms with E-state index in [0.29, 0.717) is 5.56 Å². The molecule has 0 radical (unpaired) electrons. The van der Waals surface area contributed by atoms with Crippen LogP contribution in [0.4, 0.5) is 0 Å². The highest BCUT2D eigenvalue weighted by Gasteiger charge is 2.37. The first-order valence-corrected chi connectivity index (χ1v) is 7.32. The van der Waals surface area contributed by atoms with Gasteiger partial charge in [0.1, 0.15) is 0 Å². The lowest BCUT2D eigenvalue weighted by molar-refractivity contribution is -0.145. The van der Waals surface area contributed by atoms with E-state index in [4.69, 9.17) is 0 Å². The molecule has 0 aliphatic heterocycles. The molecule has 1 unspecified atom stereocenters. The molecule has 122 valence electrons. The molecule has 1 aromatic heterocycles. The number of fused-ring (bicyclic) bond motifs is 1. The van der Waals surface area contributed by atoms with Crippen molar-refractivity contribution in [1.82, 2.24) is 4.98 Å². The van der Waals surface area contributed by atoms with Crippen molar-refractivity contribution in [1.29, 1.82) is 0 Å². The molecule has 0 spiro atoms. The van der Waals surface area contributed by atoms with Crippen LogP contribution in [0.1, 0.15) is 23.7 Å². The van der Waals surface area contributed by atoms with E-state index in [2.05, 4.69) is 4.98 Å². The molecule has 0 fully saturated rings. The van der Waals surface area contributed by atoms with Crippen molar-refractivity contribution in [2.75, 3.05) is 0 Å². The first kappa shape index (κ1) is 15.7. The Morgan fingerprint density at radius 1 is 1.17 bits per heavy atom. The molecule has 3 rings (SSSR count). The first-order valence-electron chi connectivity index (χ1n) is 7.32. The largest absolute Gasteiger partial charge is 0.481 e. The van der Waals surface area contributed by atoms with Crippen molar-refractivity contribution in [3.8, 4) is 0 Å². The topological polar surface area (TPSA) is 107 Å². The summed E-state index contributed by atoms with van der Waals surface area (Å²) < 4.78 is 0. The standard InChI is InChI=1S/C18H15NO5/c1-18(17(23)24)8-12(6-13(9-18)16(21)22)15(20)11-3-2-10-4-5-19-14(10)7-11/h2-8,19H,9H2,1H3,(H,21,22)(H,23,24). The average molecular weight is 325 g/mol. The van der Waals surface area contributed by atoms with E-state index in [1.165, 1.54) is 19.1 Å². The van der Waals surface area contributed by atoms with Crippen LogP contribution in [0.3, 0.4) is 0 Å². The summed E-state index contributed by atoms with van der Waals surface area (Å²) >= 11 is 0. The maximum atomic E-state index is 12.7. The fourth-order valence-electron chi connectivity index (χ4n) is 2.83. The summed E-state index contributed by atoms with van der Waals surface area (Å²) in [7, 11) is 0. The number of aliphatic carboxylic acids is 2. The molecule has 1 aliphatic rings. The number of carbonyl (C=O) groups is 3. The highest BCUT2D eigenvalue weighted by atomic mass is 16.4. The normalized spacial score (nSPS) is 20.4. The van der Waals surface area contributed by atoms with Gasteiger partial charge in [-0.25, -0.2) is 4.79 Å². The number of rotatable bonds is 4. The van der Waals surface area contributed by atoms with Crippen LogP contribution in [0.15, 0.2) is 53.8 Å². The first-order chi connectivity index (χ1) is 11.3. The number of carbonyl (C=O) groups excluding carboxylic acids is 1. The molecule has 6 heteroatoms. The molecule has 1 aliphatic carbocycles. The highest BCUT2D eigenvalue weighted by molar-refractivity contribution is 6.13. The summed E-state index contributed by atoms with van der Waals surface area (Å²) in [6, 6.07) is 6.95. The maximum Gasteiger partial charge on any atom is 0.331 e. The van der Waals surface area contributed by atoms with Gasteiger partial charge in [-0.2, -0.15) is 0 Å². The summed E-state index contributed by atoms with van der Waals surface area (Å²) in [5.41, 5.74) is -0.294. The van der Waals surface area contributed by atoms with Crippen molar-refractivity contribution in [3.05, 3.63) is 59.3 Å². The molecule has 0 saturated heterocycles. The van der Waals surface area contributed by atoms with E-state index in [0.717, 1.165) is 10.9 Å². The minimum atomic E-state index is -1.43. The van der Waals surface area contributed by atoms with Crippen LogP contribution in [0.2, 0.25) is 0 Å². The van der Waals surface area contributed by atoms with Crippen molar-refractivity contribution in [3.63, 3.8) is 0 Å². The Morgan fingerprint density at radius 2 is 1.92 bits per heavy atom. The zero-order valence-corrected chi connectivity index (χ0v) is 12.9. The molecular formula is C18H15NO5. The molecule has 2 aromatic rings. The van der Waals surface area contributed by atoms with Gasteiger partial charge in [-0.15, -0.1) is 0 Å². The predicted molar refractivity (Wildman–Crippen MR) is 86.8 cm³/mol. The Bertz CT molecular complexity index is 934. The number of aromatic amines is 1. The maximum absolute atomic E-state index is 12.7. The van der Waals surface area contributed by atoms with E-state index in [9.17, 15) is 24.6 Å². The minimum Gasteiger partial charge on any atom is -0.481 e. The van der Waals surface area contributed by atoms with Gasteiger partial charge in [-0.1, -0.05) is 18.2 Å². The van der Waals surface area contributed by atoms with Crippen LogP contribution < -0.4 is 0 Å². The second-order valence-corrected chi connectivity index (χ2v) is 6.08. The lowest BCUT2D eigenvalue weighted by atomic mass is 9.76. The monoisotopic (exact) mass is 325 g/mol. The number of Topliss-reactive ketones (excluding diaryl/α,β-unsaturated/α-hetero) is 1. The van der Waals surface area contributed by atoms with Crippen molar-refractivity contribution >= 4 is 28.6 Å². The minimum absolute atomic E-state index is 0.0782. The lowest BCUT2D eigenvalue weighted by Crippen LogP contribution is -2.30. The fraction of sp³-hybridized carbons (Fsp3) is 0.167. The molecule has 1 heterocycles. The predicted octanol–water partition coefficient (Wildman–Crippen LogP) is 2.78. The smallest absolute Gasteiger partial charge is 0.331 e. The third kappa shape index (κ3) is 2.62. The molecule has 24 heavy (non-hydrogen) atoms. The Hall–Kier alpha value is -3.15. The van der Waals surface area contributed by atoms with Gasteiger partial charge in [0, 0.05) is 28.4 Å². The number of H-pyrrole nitrogens is 1. The summed E-state index contributed by atoms with van der Waals surface area (Å²) in [5.74, 6) is -2.79. The summed E-state index contributed by atoms with van der Waals surface area (Å²) in [4.78, 5) is 38.5. The number of carboxylic acids is 2. The van der Waals surface area contributed by atoms with Crippen molar-refractivity contribution in [2.24, 2.45) is 5.41 Å². The number of benzene rings is 1. The Balaban J connectivity index is 2.06. The van der Waals surface area contributed by atoms with E-state index < -0.39 is 23.1 Å². The number of carboxylic acid groups (broad SMARTS) is 2. The second kappa shape index (κ2) is 5.49. The number of aromatic nitrogens is 1. The van der Waals surface area contributed by atoms with Crippen LogP contribution in [0.25, 0.3) is 10.9 Å². The average Bonchev–Trinajstić information content (AvgIpc) is 3.00. The highest BCUT2D eigenvalue weighted by Crippen LogP contribution is 2.35. The molecule has 1 aromatic carbocycles. The Kier molecular flexibility index (Phi) is 3.60. The van der Waals surface area contributed by atoms with Crippen LogP contribution in [0.5, 0.6) is 0 Å². The van der Waals surface area contributed by atoms with Gasteiger partial charge < -0.3 is 15.2 Å². The quantitative estimate of drug-likeness (QED) is 0.749. The van der Waals surface area contributed by atoms with E-state index in [-0.39, 0.29) is 17.6 Å². The number of hydrogen-bond acceptors (Lipinski definition) is 3. The van der Waals surface area contributed by atoms with Crippen molar-refractivity contribution in [2.45, 2.75) is 13.3 Å². The summed E-state index contributed by atoms with van der Waals surface area (Å²) in [5, 5.41) is 19.6. The van der Waals surface area contributed by atoms with E-state index in [1.54, 1.807) is 24.4 Å². The van der Waals surface area contributed by atoms with Crippen LogP contribution in [-0.4, -0.2) is 32.9 Å². The zero-order chi connectivity index (χ0) is 17.5. The lowest BCUT2D eigenvalue weighted by Gasteiger charge is -2.26. The molecule has 0 bridgehead atoms. The third-order valence-corrected chi connectivity index (χ3v) is 4.20. The van der Waals surface area contributed by atoms with Gasteiger partial charge in [0.2, 0.25) is 0 Å². The van der Waals surface area contributed by atoms with Gasteiger partial charge >= 0.3 is 11.9 Å². The second-order valence-electron chi connectivity index (χ2n) is 6.08. The molecule has 3 N–H and O–H groups in total. The molecule has 0 saturated carbocycles. The van der Waals surface area contributed by atoms with Gasteiger partial charge in [0.25, 0.3) is 0 Å². The van der Waals surface area contributed by atoms with E-state index >= 15 is 0 Å². The van der Waals surface area contributed by atoms with Gasteiger partial charge in [0.15, 0.2) is 5.78 Å². The zero-order valence-electron chi connectivity index (χ0n) is 12.9. The number of hydrogen-bond donors (Lipinski definition) is 3. The SMILES string of the molecule is CC1(C(=O)O)C=C(C(=O)c2ccc3cc[nH]c3c2)C=C(C(=O)O)C1. The Morgan fingerprint density at radius 3 is 2.58 bits per heavy atom. The summed E-state index contributed by atoms with van der Waals surface area (Å²) in [6.07, 6.45) is 4.18. The van der Waals surface area contributed by atoms with Gasteiger partial charge in [-0.3, -0.25) is 9.59 Å². The molecule has 0 amide bonds. The third-order valence-electron chi connectivity index (χ3n) is 4.20. The van der Waals surface area contributed by atoms with Crippen LogP contribution in [-0.2, 0) is 9.59 Å². The van der Waals surface area contributed by atoms with E-state index in [1.807, 2.05) is 6.07 Å². The van der Waals surface area contributed by atoms with Crippen LogP contribution >= 0.6 is 0 Å². The molecule has 6 nitrogen and oxygen atoms in total. The van der Waals surface area contributed by atoms with Crippen LogP contribution in [0, 0.1) is 5.41 Å². The van der Waals surface area contributed by atoms with Crippen molar-refractivity contribution < 1.29 is 24.6 Å². The fourth-order valence-corrected chi connectivity index (χ4v) is 2.83.